The second kappa shape index (κ2) is 26.1. The summed E-state index contributed by atoms with van der Waals surface area (Å²) in [6, 6.07) is 25.6. The molecule has 10 rings (SSSR count). The molecule has 0 aromatic heterocycles. The molecule has 0 spiro atoms. The zero-order chi connectivity index (χ0) is 53.4. The number of halogens is 5. The van der Waals surface area contributed by atoms with Gasteiger partial charge in [0.2, 0.25) is 5.91 Å². The third-order valence-corrected chi connectivity index (χ3v) is 17.0. The summed E-state index contributed by atoms with van der Waals surface area (Å²) >= 11 is 12.6. The Hall–Kier alpha value is -5.03. The van der Waals surface area contributed by atoms with Crippen molar-refractivity contribution in [2.75, 3.05) is 91.2 Å². The molecule has 0 radical (unpaired) electrons. The van der Waals surface area contributed by atoms with E-state index in [9.17, 15) is 33.1 Å². The van der Waals surface area contributed by atoms with Crippen molar-refractivity contribution in [3.63, 3.8) is 0 Å². The molecule has 2 saturated carbocycles. The molecule has 0 bridgehead atoms. The molecule has 2 aliphatic carbocycles. The third-order valence-electron chi connectivity index (χ3n) is 16.4. The van der Waals surface area contributed by atoms with Crippen molar-refractivity contribution in [3.05, 3.63) is 129 Å². The molecule has 0 atom stereocenters. The van der Waals surface area contributed by atoms with Gasteiger partial charge >= 0.3 is 5.97 Å². The molecular weight excluding hydrogens is 1030 g/mol. The molecule has 4 N–H and O–H groups in total. The first-order valence-electron chi connectivity index (χ1n) is 26.8. The molecule has 18 heteroatoms. The number of carboxylic acids is 1. The minimum Gasteiger partial charge on any atom is -0.481 e. The molecule has 4 aromatic carbocycles. The SMILES string of the molecule is CN(C)C(=O)c1ccc(NC2CN(C3CCN(C(=O)C4(c5ccc(F)cc5)CCCC4)CC3)C2)cc1Cl.CN(C)C(=O)c1ccc(NC2CN(C3CCNCC3)C2)cc1Cl.Cl.O=C(O)C1(c2ccc(F)cc2)CCCC1. The molecule has 3 amide bonds. The average Bonchev–Trinajstić information content (AvgIpc) is 4.10. The fraction of sp³-hybridized carbons (Fsp3) is 0.517. The Bertz CT molecular complexity index is 2610. The van der Waals surface area contributed by atoms with Crippen molar-refractivity contribution in [2.45, 2.75) is 112 Å². The Morgan fingerprint density at radius 2 is 0.974 bits per heavy atom. The number of carbonyl (C=O) groups is 4. The highest BCUT2D eigenvalue weighted by molar-refractivity contribution is 6.34. The number of rotatable bonds is 12. The van der Waals surface area contributed by atoms with E-state index in [1.165, 1.54) is 46.9 Å². The molecule has 13 nitrogen and oxygen atoms in total. The molecule has 76 heavy (non-hydrogen) atoms. The van der Waals surface area contributed by atoms with Crippen LogP contribution in [0.25, 0.3) is 0 Å². The lowest BCUT2D eigenvalue weighted by Gasteiger charge is -2.48. The van der Waals surface area contributed by atoms with Crippen molar-refractivity contribution in [1.82, 2.24) is 29.8 Å². The van der Waals surface area contributed by atoms with E-state index >= 15 is 0 Å². The predicted molar refractivity (Wildman–Crippen MR) is 300 cm³/mol. The second-order valence-electron chi connectivity index (χ2n) is 21.8. The van der Waals surface area contributed by atoms with Gasteiger partial charge in [0.1, 0.15) is 11.6 Å². The van der Waals surface area contributed by atoms with Crippen LogP contribution >= 0.6 is 35.6 Å². The van der Waals surface area contributed by atoms with Crippen LogP contribution in [0.1, 0.15) is 109 Å². The van der Waals surface area contributed by atoms with Crippen LogP contribution in [0.15, 0.2) is 84.9 Å². The van der Waals surface area contributed by atoms with Gasteiger partial charge in [0, 0.05) is 90.9 Å². The van der Waals surface area contributed by atoms with Gasteiger partial charge in [-0.15, -0.1) is 12.4 Å². The Kier molecular flexibility index (Phi) is 20.1. The third kappa shape index (κ3) is 13.6. The van der Waals surface area contributed by atoms with Gasteiger partial charge in [0.05, 0.1) is 44.1 Å². The van der Waals surface area contributed by atoms with Crippen LogP contribution in [0.4, 0.5) is 20.2 Å². The maximum Gasteiger partial charge on any atom is 0.314 e. The molecule has 4 aliphatic heterocycles. The van der Waals surface area contributed by atoms with E-state index in [1.54, 1.807) is 64.6 Å². The standard InChI is InChI=1S/C29H36ClFN4O2.C17H25ClN4O.C12H13FO2.ClH/c1-33(2)27(36)25-10-9-22(17-26(25)30)32-23-18-35(19-23)24-11-15-34(16-12-24)28(37)29(13-3-4-14-29)20-5-7-21(31)8-6-20;1-21(2)17(23)15-4-3-12(9-16(15)18)20-13-10-22(11-13)14-5-7-19-8-6-14;13-10-5-3-9(4-6-10)12(11(14)15)7-1-2-8-12;/h5-10,17,23-24,32H,3-4,11-16,18-19H2,1-2H3;3-4,9,13-14,19-20H,5-8,10-11H2,1-2H3;3-6H,1-2,7-8H2,(H,14,15);1H. The fourth-order valence-corrected chi connectivity index (χ4v) is 12.5. The number of amides is 3. The molecule has 6 aliphatic rings. The van der Waals surface area contributed by atoms with E-state index in [2.05, 4.69) is 30.7 Å². The van der Waals surface area contributed by atoms with Crippen molar-refractivity contribution in [1.29, 1.82) is 0 Å². The van der Waals surface area contributed by atoms with Gasteiger partial charge in [-0.1, -0.05) is 73.2 Å². The van der Waals surface area contributed by atoms with Crippen LogP contribution in [0.3, 0.4) is 0 Å². The molecule has 4 saturated heterocycles. The smallest absolute Gasteiger partial charge is 0.314 e. The highest BCUT2D eigenvalue weighted by Crippen LogP contribution is 2.44. The number of nitrogens with one attached hydrogen (secondary N) is 3. The number of likely N-dealkylation sites (tertiary alicyclic amines) is 3. The Morgan fingerprint density at radius 3 is 1.36 bits per heavy atom. The number of nitrogens with zero attached hydrogens (tertiary/aromatic N) is 5. The topological polar surface area (TPSA) is 141 Å². The second-order valence-corrected chi connectivity index (χ2v) is 22.6. The van der Waals surface area contributed by atoms with E-state index in [1.807, 2.05) is 24.3 Å². The lowest BCUT2D eigenvalue weighted by atomic mass is 9.77. The van der Waals surface area contributed by atoms with E-state index in [-0.39, 0.29) is 41.8 Å². The van der Waals surface area contributed by atoms with Crippen molar-refractivity contribution >= 4 is 70.7 Å². The van der Waals surface area contributed by atoms with Crippen LogP contribution in [0, 0.1) is 11.6 Å². The minimum absolute atomic E-state index is 0. The number of carboxylic acid groups (broad SMARTS) is 1. The van der Waals surface area contributed by atoms with Gasteiger partial charge in [0.15, 0.2) is 0 Å². The fourth-order valence-electron chi connectivity index (χ4n) is 12.0. The van der Waals surface area contributed by atoms with Gasteiger partial charge < -0.3 is 35.8 Å². The number of aliphatic carboxylic acids is 1. The molecule has 4 heterocycles. The number of carbonyl (C=O) groups excluding carboxylic acids is 3. The van der Waals surface area contributed by atoms with Gasteiger partial charge in [-0.05, 0) is 136 Å². The maximum atomic E-state index is 13.7. The molecule has 0 unspecified atom stereocenters. The summed E-state index contributed by atoms with van der Waals surface area (Å²) in [6.07, 6.45) is 11.4. The van der Waals surface area contributed by atoms with E-state index < -0.39 is 16.8 Å². The monoisotopic (exact) mass is 1110 g/mol. The van der Waals surface area contributed by atoms with E-state index in [0.29, 0.717) is 52.1 Å². The van der Waals surface area contributed by atoms with Crippen LogP contribution in [-0.2, 0) is 20.4 Å². The van der Waals surface area contributed by atoms with E-state index in [0.717, 1.165) is 132 Å². The van der Waals surface area contributed by atoms with Crippen molar-refractivity contribution < 1.29 is 33.1 Å². The summed E-state index contributed by atoms with van der Waals surface area (Å²) in [4.78, 5) is 59.4. The van der Waals surface area contributed by atoms with Crippen molar-refractivity contribution in [3.8, 4) is 0 Å². The van der Waals surface area contributed by atoms with Gasteiger partial charge in [-0.25, -0.2) is 8.78 Å². The predicted octanol–water partition coefficient (Wildman–Crippen LogP) is 9.81. The van der Waals surface area contributed by atoms with Crippen molar-refractivity contribution in [2.24, 2.45) is 0 Å². The lowest BCUT2D eigenvalue weighted by Crippen LogP contribution is -2.61. The first-order chi connectivity index (χ1) is 36.0. The number of piperidine rings is 2. The summed E-state index contributed by atoms with van der Waals surface area (Å²) < 4.78 is 26.3. The number of benzene rings is 4. The first-order valence-corrected chi connectivity index (χ1v) is 27.5. The Balaban J connectivity index is 0.000000183. The quantitative estimate of drug-likeness (QED) is 0.108. The molecular formula is C58H75Cl3F2N8O5. The summed E-state index contributed by atoms with van der Waals surface area (Å²) in [7, 11) is 6.89. The molecule has 412 valence electrons. The van der Waals surface area contributed by atoms with Crippen LogP contribution in [0.5, 0.6) is 0 Å². The number of hydrogen-bond acceptors (Lipinski definition) is 9. The highest BCUT2D eigenvalue weighted by atomic mass is 35.5. The summed E-state index contributed by atoms with van der Waals surface area (Å²) in [5, 5.41) is 20.7. The lowest BCUT2D eigenvalue weighted by molar-refractivity contribution is -0.143. The largest absolute Gasteiger partial charge is 0.481 e. The molecule has 4 aromatic rings. The van der Waals surface area contributed by atoms with E-state index in [4.69, 9.17) is 23.2 Å². The average molecular weight is 1110 g/mol. The van der Waals surface area contributed by atoms with Gasteiger partial charge in [-0.2, -0.15) is 0 Å². The first kappa shape index (κ1) is 58.6. The summed E-state index contributed by atoms with van der Waals surface area (Å²) in [6.45, 7) is 7.89. The highest BCUT2D eigenvalue weighted by Gasteiger charge is 2.47. The molecule has 6 fully saturated rings. The Labute approximate surface area is 463 Å². The van der Waals surface area contributed by atoms with Crippen LogP contribution < -0.4 is 16.0 Å². The number of hydrogen-bond donors (Lipinski definition) is 4. The zero-order valence-electron chi connectivity index (χ0n) is 44.3. The van der Waals surface area contributed by atoms with Crippen LogP contribution in [-0.4, -0.2) is 158 Å². The number of anilines is 2. The normalized spacial score (nSPS) is 19.8. The minimum atomic E-state index is -0.786. The summed E-state index contributed by atoms with van der Waals surface area (Å²) in [5.41, 5.74) is 3.41. The summed E-state index contributed by atoms with van der Waals surface area (Å²) in [5.74, 6) is -1.31. The van der Waals surface area contributed by atoms with Gasteiger partial charge in [0.25, 0.3) is 11.8 Å². The van der Waals surface area contributed by atoms with Crippen LogP contribution in [0.2, 0.25) is 10.0 Å². The Morgan fingerprint density at radius 1 is 0.592 bits per heavy atom. The van der Waals surface area contributed by atoms with Gasteiger partial charge in [-0.3, -0.25) is 29.0 Å². The maximum absolute atomic E-state index is 13.7. The zero-order valence-corrected chi connectivity index (χ0v) is 46.6.